The number of aryl methyl sites for hydroxylation is 1. The molecular weight excluding hydrogens is 264 g/mol. The van der Waals surface area contributed by atoms with Gasteiger partial charge in [-0.25, -0.2) is 0 Å². The highest BCUT2D eigenvalue weighted by Crippen LogP contribution is 2.24. The van der Waals surface area contributed by atoms with Crippen LogP contribution in [0, 0.1) is 6.92 Å². The van der Waals surface area contributed by atoms with Crippen molar-refractivity contribution in [2.75, 3.05) is 11.1 Å². The highest BCUT2D eigenvalue weighted by atomic mass is 35.5. The van der Waals surface area contributed by atoms with E-state index in [1.54, 1.807) is 37.3 Å². The average molecular weight is 277 g/mol. The lowest BCUT2D eigenvalue weighted by Gasteiger charge is -2.09. The van der Waals surface area contributed by atoms with E-state index in [-0.39, 0.29) is 11.7 Å². The van der Waals surface area contributed by atoms with Crippen molar-refractivity contribution in [1.82, 2.24) is 0 Å². The fourth-order valence-electron chi connectivity index (χ4n) is 1.63. The molecule has 0 saturated carbocycles. The summed E-state index contributed by atoms with van der Waals surface area (Å²) in [7, 11) is 0. The van der Waals surface area contributed by atoms with Crippen LogP contribution in [-0.4, -0.2) is 11.0 Å². The van der Waals surface area contributed by atoms with Crippen molar-refractivity contribution < 1.29 is 9.90 Å². The molecule has 0 aromatic heterocycles. The van der Waals surface area contributed by atoms with E-state index in [1.165, 1.54) is 6.07 Å². The lowest BCUT2D eigenvalue weighted by atomic mass is 10.1. The van der Waals surface area contributed by atoms with Crippen LogP contribution in [0.3, 0.4) is 0 Å². The maximum absolute atomic E-state index is 12.0. The molecule has 2 aromatic rings. The molecule has 0 aliphatic carbocycles. The second-order valence-corrected chi connectivity index (χ2v) is 4.62. The molecule has 4 N–H and O–H groups in total. The molecule has 0 fully saturated rings. The number of phenolic OH excluding ortho intramolecular Hbond substituents is 1. The van der Waals surface area contributed by atoms with Gasteiger partial charge in [0, 0.05) is 10.6 Å². The van der Waals surface area contributed by atoms with Gasteiger partial charge in [0.2, 0.25) is 0 Å². The van der Waals surface area contributed by atoms with Gasteiger partial charge >= 0.3 is 0 Å². The molecule has 0 aliphatic heterocycles. The van der Waals surface area contributed by atoms with Crippen LogP contribution in [-0.2, 0) is 0 Å². The zero-order valence-electron chi connectivity index (χ0n) is 10.3. The number of hydrogen-bond acceptors (Lipinski definition) is 3. The second-order valence-electron chi connectivity index (χ2n) is 4.19. The molecule has 0 spiro atoms. The average Bonchev–Trinajstić information content (AvgIpc) is 2.37. The lowest BCUT2D eigenvalue weighted by molar-refractivity contribution is 0.102. The summed E-state index contributed by atoms with van der Waals surface area (Å²) in [5, 5.41) is 12.6. The monoisotopic (exact) mass is 276 g/mol. The summed E-state index contributed by atoms with van der Waals surface area (Å²) in [6, 6.07) is 9.48. The number of carbonyl (C=O) groups excluding carboxylic acids is 1. The minimum Gasteiger partial charge on any atom is -0.508 e. The van der Waals surface area contributed by atoms with E-state index in [2.05, 4.69) is 5.32 Å². The molecule has 0 heterocycles. The predicted octanol–water partition coefficient (Wildman–Crippen LogP) is 3.19. The fraction of sp³-hybridized carbons (Fsp3) is 0.0714. The highest BCUT2D eigenvalue weighted by molar-refractivity contribution is 6.31. The van der Waals surface area contributed by atoms with E-state index in [0.29, 0.717) is 27.5 Å². The number of benzene rings is 2. The second kappa shape index (κ2) is 5.20. The normalized spacial score (nSPS) is 10.2. The van der Waals surface area contributed by atoms with Crippen LogP contribution in [0.25, 0.3) is 0 Å². The Labute approximate surface area is 115 Å². The molecule has 0 unspecified atom stereocenters. The van der Waals surface area contributed by atoms with Gasteiger partial charge in [-0.15, -0.1) is 0 Å². The Hall–Kier alpha value is -2.20. The van der Waals surface area contributed by atoms with Crippen LogP contribution in [0.5, 0.6) is 5.75 Å². The maximum atomic E-state index is 12.0. The molecule has 0 saturated heterocycles. The van der Waals surface area contributed by atoms with Crippen LogP contribution >= 0.6 is 11.6 Å². The van der Waals surface area contributed by atoms with Crippen LogP contribution in [0.1, 0.15) is 15.9 Å². The van der Waals surface area contributed by atoms with Crippen molar-refractivity contribution >= 4 is 28.9 Å². The predicted molar refractivity (Wildman–Crippen MR) is 76.7 cm³/mol. The molecule has 0 bridgehead atoms. The van der Waals surface area contributed by atoms with Gasteiger partial charge in [-0.3, -0.25) is 4.79 Å². The molecule has 98 valence electrons. The number of hydrogen-bond donors (Lipinski definition) is 3. The van der Waals surface area contributed by atoms with Crippen LogP contribution in [0.2, 0.25) is 5.02 Å². The summed E-state index contributed by atoms with van der Waals surface area (Å²) < 4.78 is 0. The van der Waals surface area contributed by atoms with Gasteiger partial charge in [0.1, 0.15) is 5.75 Å². The van der Waals surface area contributed by atoms with Crippen molar-refractivity contribution in [3.8, 4) is 5.75 Å². The number of nitrogen functional groups attached to an aromatic ring is 1. The van der Waals surface area contributed by atoms with Crippen molar-refractivity contribution in [3.63, 3.8) is 0 Å². The zero-order valence-corrected chi connectivity index (χ0v) is 11.0. The third kappa shape index (κ3) is 2.98. The maximum Gasteiger partial charge on any atom is 0.255 e. The molecular formula is C14H13ClN2O2. The van der Waals surface area contributed by atoms with E-state index in [1.807, 2.05) is 0 Å². The van der Waals surface area contributed by atoms with Crippen LogP contribution < -0.4 is 11.1 Å². The third-order valence-electron chi connectivity index (χ3n) is 2.72. The Morgan fingerprint density at radius 3 is 2.68 bits per heavy atom. The molecule has 2 rings (SSSR count). The summed E-state index contributed by atoms with van der Waals surface area (Å²) in [4.78, 5) is 12.0. The molecule has 0 aliphatic rings. The van der Waals surface area contributed by atoms with E-state index >= 15 is 0 Å². The number of carbonyl (C=O) groups is 1. The quantitative estimate of drug-likeness (QED) is 0.737. The van der Waals surface area contributed by atoms with Crippen molar-refractivity contribution in [1.29, 1.82) is 0 Å². The molecule has 19 heavy (non-hydrogen) atoms. The molecule has 5 heteroatoms. The molecule has 4 nitrogen and oxygen atoms in total. The van der Waals surface area contributed by atoms with Crippen molar-refractivity contribution in [2.24, 2.45) is 0 Å². The fourth-order valence-corrected chi connectivity index (χ4v) is 1.80. The van der Waals surface area contributed by atoms with Gasteiger partial charge in [-0.2, -0.15) is 0 Å². The smallest absolute Gasteiger partial charge is 0.255 e. The topological polar surface area (TPSA) is 75.4 Å². The highest BCUT2D eigenvalue weighted by Gasteiger charge is 2.10. The van der Waals surface area contributed by atoms with E-state index in [9.17, 15) is 9.90 Å². The number of amides is 1. The van der Waals surface area contributed by atoms with E-state index in [0.717, 1.165) is 0 Å². The number of aromatic hydroxyl groups is 1. The number of phenols is 1. The Bertz CT molecular complexity index is 641. The van der Waals surface area contributed by atoms with Crippen molar-refractivity contribution in [3.05, 3.63) is 52.5 Å². The van der Waals surface area contributed by atoms with Crippen LogP contribution in [0.4, 0.5) is 11.4 Å². The summed E-state index contributed by atoms with van der Waals surface area (Å²) in [5.74, 6) is -0.157. The Balaban J connectivity index is 2.25. The number of nitrogens with one attached hydrogen (secondary N) is 1. The van der Waals surface area contributed by atoms with Gasteiger partial charge < -0.3 is 16.2 Å². The molecule has 0 radical (unpaired) electrons. The minimum atomic E-state index is -0.308. The summed E-state index contributed by atoms with van der Waals surface area (Å²) in [5.41, 5.74) is 7.73. The Kier molecular flexibility index (Phi) is 3.62. The standard InChI is InChI=1S/C14H13ClN2O2/c1-8-6-9(2-5-13(8)18)14(19)17-12-7-10(15)3-4-11(12)16/h2-7,18H,16H2,1H3,(H,17,19). The van der Waals surface area contributed by atoms with Gasteiger partial charge in [0.05, 0.1) is 11.4 Å². The van der Waals surface area contributed by atoms with Crippen LogP contribution in [0.15, 0.2) is 36.4 Å². The van der Waals surface area contributed by atoms with Gasteiger partial charge in [0.15, 0.2) is 0 Å². The van der Waals surface area contributed by atoms with E-state index in [4.69, 9.17) is 17.3 Å². The minimum absolute atomic E-state index is 0.152. The summed E-state index contributed by atoms with van der Waals surface area (Å²) >= 11 is 5.85. The zero-order chi connectivity index (χ0) is 14.0. The first-order valence-electron chi connectivity index (χ1n) is 5.63. The molecule has 1 amide bonds. The van der Waals surface area contributed by atoms with Gasteiger partial charge in [0.25, 0.3) is 5.91 Å². The summed E-state index contributed by atoms with van der Waals surface area (Å²) in [6.07, 6.45) is 0. The largest absolute Gasteiger partial charge is 0.508 e. The van der Waals surface area contributed by atoms with Crippen molar-refractivity contribution in [2.45, 2.75) is 6.92 Å². The first-order chi connectivity index (χ1) is 8.97. The van der Waals surface area contributed by atoms with Gasteiger partial charge in [-0.05, 0) is 48.9 Å². The SMILES string of the molecule is Cc1cc(C(=O)Nc2cc(Cl)ccc2N)ccc1O. The number of nitrogens with two attached hydrogens (primary N) is 1. The first-order valence-corrected chi connectivity index (χ1v) is 6.01. The Morgan fingerprint density at radius 1 is 1.26 bits per heavy atom. The number of rotatable bonds is 2. The first kappa shape index (κ1) is 13.2. The summed E-state index contributed by atoms with van der Waals surface area (Å²) in [6.45, 7) is 1.72. The number of anilines is 2. The Morgan fingerprint density at radius 2 is 2.00 bits per heavy atom. The van der Waals surface area contributed by atoms with E-state index < -0.39 is 0 Å². The molecule has 0 atom stereocenters. The number of halogens is 1. The molecule has 2 aromatic carbocycles. The lowest BCUT2D eigenvalue weighted by Crippen LogP contribution is -2.13. The van der Waals surface area contributed by atoms with Gasteiger partial charge in [-0.1, -0.05) is 11.6 Å². The third-order valence-corrected chi connectivity index (χ3v) is 2.96.